The number of nitro benzene ring substituents is 1. The molecule has 0 aromatic heterocycles. The Morgan fingerprint density at radius 3 is 2.50 bits per heavy atom. The van der Waals surface area contributed by atoms with Gasteiger partial charge in [-0.15, -0.1) is 0 Å². The summed E-state index contributed by atoms with van der Waals surface area (Å²) in [5.41, 5.74) is 5.97. The Bertz CT molecular complexity index is 375. The molecular weight excluding hydrogens is 210 g/mol. The average Bonchev–Trinajstić information content (AvgIpc) is 2.25. The fourth-order valence-electron chi connectivity index (χ4n) is 1.18. The predicted octanol–water partition coefficient (Wildman–Crippen LogP) is 0.560. The van der Waals surface area contributed by atoms with Crippen LogP contribution in [0.15, 0.2) is 24.3 Å². The summed E-state index contributed by atoms with van der Waals surface area (Å²) < 4.78 is 0. The van der Waals surface area contributed by atoms with E-state index >= 15 is 0 Å². The zero-order valence-corrected chi connectivity index (χ0v) is 8.68. The van der Waals surface area contributed by atoms with E-state index in [9.17, 15) is 14.9 Å². The Hall–Kier alpha value is -1.95. The van der Waals surface area contributed by atoms with Crippen molar-refractivity contribution in [1.82, 2.24) is 5.32 Å². The largest absolute Gasteiger partial charge is 0.370 e. The molecule has 6 heteroatoms. The van der Waals surface area contributed by atoms with Crippen molar-refractivity contribution in [2.24, 2.45) is 5.73 Å². The predicted molar refractivity (Wildman–Crippen MR) is 58.6 cm³/mol. The number of primary amides is 1. The van der Waals surface area contributed by atoms with Crippen LogP contribution in [0.5, 0.6) is 0 Å². The summed E-state index contributed by atoms with van der Waals surface area (Å²) in [4.78, 5) is 20.4. The summed E-state index contributed by atoms with van der Waals surface area (Å²) in [6.45, 7) is 1.07. The highest BCUT2D eigenvalue weighted by Crippen LogP contribution is 2.11. The molecule has 6 nitrogen and oxygen atoms in total. The highest BCUT2D eigenvalue weighted by Gasteiger charge is 2.03. The van der Waals surface area contributed by atoms with Crippen LogP contribution in [0.1, 0.15) is 12.0 Å². The van der Waals surface area contributed by atoms with Crippen LogP contribution in [0.25, 0.3) is 0 Å². The lowest BCUT2D eigenvalue weighted by atomic mass is 10.2. The van der Waals surface area contributed by atoms with Crippen molar-refractivity contribution in [3.05, 3.63) is 39.9 Å². The fourth-order valence-corrected chi connectivity index (χ4v) is 1.18. The van der Waals surface area contributed by atoms with Crippen LogP contribution in [0, 0.1) is 10.1 Å². The Morgan fingerprint density at radius 2 is 2.00 bits per heavy atom. The van der Waals surface area contributed by atoms with E-state index in [4.69, 9.17) is 5.73 Å². The van der Waals surface area contributed by atoms with Gasteiger partial charge in [-0.25, -0.2) is 0 Å². The molecule has 16 heavy (non-hydrogen) atoms. The quantitative estimate of drug-likeness (QED) is 0.418. The third kappa shape index (κ3) is 4.05. The number of carbonyl (C=O) groups is 1. The van der Waals surface area contributed by atoms with E-state index in [0.29, 0.717) is 13.1 Å². The van der Waals surface area contributed by atoms with E-state index in [1.54, 1.807) is 12.1 Å². The molecular formula is C10H13N3O3. The molecule has 3 N–H and O–H groups in total. The van der Waals surface area contributed by atoms with E-state index in [2.05, 4.69) is 5.32 Å². The van der Waals surface area contributed by atoms with Gasteiger partial charge in [0, 0.05) is 31.6 Å². The van der Waals surface area contributed by atoms with E-state index in [1.807, 2.05) is 0 Å². The average molecular weight is 223 g/mol. The van der Waals surface area contributed by atoms with Crippen LogP contribution < -0.4 is 11.1 Å². The molecule has 0 saturated heterocycles. The van der Waals surface area contributed by atoms with Crippen LogP contribution in [-0.4, -0.2) is 17.4 Å². The monoisotopic (exact) mass is 223 g/mol. The maximum Gasteiger partial charge on any atom is 0.269 e. The fraction of sp³-hybridized carbons (Fsp3) is 0.300. The number of non-ortho nitro benzene ring substituents is 1. The van der Waals surface area contributed by atoms with Gasteiger partial charge in [0.05, 0.1) is 4.92 Å². The molecule has 1 aromatic carbocycles. The maximum atomic E-state index is 10.4. The van der Waals surface area contributed by atoms with Crippen molar-refractivity contribution in [3.63, 3.8) is 0 Å². The lowest BCUT2D eigenvalue weighted by Gasteiger charge is -2.02. The van der Waals surface area contributed by atoms with Crippen molar-refractivity contribution >= 4 is 11.6 Å². The number of nitrogens with zero attached hydrogens (tertiary/aromatic N) is 1. The standard InChI is InChI=1S/C10H13N3O3/c11-10(14)5-6-12-7-8-1-3-9(4-2-8)13(15)16/h1-4,12H,5-7H2,(H2,11,14). The topological polar surface area (TPSA) is 98.3 Å². The number of nitrogens with one attached hydrogen (secondary N) is 1. The Morgan fingerprint density at radius 1 is 1.38 bits per heavy atom. The second kappa shape index (κ2) is 5.82. The second-order valence-corrected chi connectivity index (χ2v) is 3.32. The van der Waals surface area contributed by atoms with Crippen LogP contribution in [-0.2, 0) is 11.3 Å². The summed E-state index contributed by atoms with van der Waals surface area (Å²) in [6, 6.07) is 6.25. The van der Waals surface area contributed by atoms with E-state index in [-0.39, 0.29) is 18.0 Å². The van der Waals surface area contributed by atoms with Gasteiger partial charge in [0.25, 0.3) is 5.69 Å². The summed E-state index contributed by atoms with van der Waals surface area (Å²) in [5, 5.41) is 13.4. The molecule has 0 saturated carbocycles. The third-order valence-corrected chi connectivity index (χ3v) is 2.02. The number of benzene rings is 1. The molecule has 0 aliphatic carbocycles. The smallest absolute Gasteiger partial charge is 0.269 e. The van der Waals surface area contributed by atoms with Crippen LogP contribution >= 0.6 is 0 Å². The van der Waals surface area contributed by atoms with Gasteiger partial charge in [-0.05, 0) is 5.56 Å². The number of carbonyl (C=O) groups excluding carboxylic acids is 1. The van der Waals surface area contributed by atoms with E-state index < -0.39 is 4.92 Å². The third-order valence-electron chi connectivity index (χ3n) is 2.02. The lowest BCUT2D eigenvalue weighted by molar-refractivity contribution is -0.384. The first kappa shape index (κ1) is 12.1. The molecule has 0 aliphatic rings. The maximum absolute atomic E-state index is 10.4. The highest BCUT2D eigenvalue weighted by atomic mass is 16.6. The Kier molecular flexibility index (Phi) is 4.41. The van der Waals surface area contributed by atoms with Gasteiger partial charge in [0.15, 0.2) is 0 Å². The molecule has 0 heterocycles. The molecule has 0 spiro atoms. The number of amides is 1. The molecule has 0 radical (unpaired) electrons. The summed E-state index contributed by atoms with van der Waals surface area (Å²) in [7, 11) is 0. The number of hydrogen-bond acceptors (Lipinski definition) is 4. The van der Waals surface area contributed by atoms with Gasteiger partial charge >= 0.3 is 0 Å². The van der Waals surface area contributed by atoms with Crippen molar-refractivity contribution in [2.75, 3.05) is 6.54 Å². The SMILES string of the molecule is NC(=O)CCNCc1ccc([N+](=O)[O-])cc1. The van der Waals surface area contributed by atoms with E-state index in [0.717, 1.165) is 5.56 Å². The molecule has 1 aromatic rings. The van der Waals surface area contributed by atoms with Crippen LogP contribution in [0.3, 0.4) is 0 Å². The van der Waals surface area contributed by atoms with Gasteiger partial charge in [-0.1, -0.05) is 12.1 Å². The molecule has 0 unspecified atom stereocenters. The Labute approximate surface area is 92.6 Å². The van der Waals surface area contributed by atoms with Crippen LogP contribution in [0.4, 0.5) is 5.69 Å². The minimum atomic E-state index is -0.440. The minimum absolute atomic E-state index is 0.0703. The highest BCUT2D eigenvalue weighted by molar-refractivity contribution is 5.73. The van der Waals surface area contributed by atoms with Crippen molar-refractivity contribution in [3.8, 4) is 0 Å². The van der Waals surface area contributed by atoms with Crippen LogP contribution in [0.2, 0.25) is 0 Å². The number of nitro groups is 1. The first-order chi connectivity index (χ1) is 7.59. The molecule has 1 amide bonds. The summed E-state index contributed by atoms with van der Waals surface area (Å²) in [5.74, 6) is -0.351. The Balaban J connectivity index is 2.38. The minimum Gasteiger partial charge on any atom is -0.370 e. The molecule has 0 atom stereocenters. The zero-order chi connectivity index (χ0) is 12.0. The van der Waals surface area contributed by atoms with Crippen molar-refractivity contribution < 1.29 is 9.72 Å². The first-order valence-corrected chi connectivity index (χ1v) is 4.82. The first-order valence-electron chi connectivity index (χ1n) is 4.82. The zero-order valence-electron chi connectivity index (χ0n) is 8.68. The lowest BCUT2D eigenvalue weighted by Crippen LogP contribution is -2.21. The molecule has 0 aliphatic heterocycles. The number of hydrogen-bond donors (Lipinski definition) is 2. The normalized spacial score (nSPS) is 10.0. The van der Waals surface area contributed by atoms with Crippen molar-refractivity contribution in [1.29, 1.82) is 0 Å². The van der Waals surface area contributed by atoms with Gasteiger partial charge in [-0.2, -0.15) is 0 Å². The van der Waals surface area contributed by atoms with Gasteiger partial charge in [0.1, 0.15) is 0 Å². The van der Waals surface area contributed by atoms with Gasteiger partial charge in [0.2, 0.25) is 5.91 Å². The molecule has 86 valence electrons. The number of rotatable bonds is 6. The van der Waals surface area contributed by atoms with E-state index in [1.165, 1.54) is 12.1 Å². The van der Waals surface area contributed by atoms with Crippen molar-refractivity contribution in [2.45, 2.75) is 13.0 Å². The molecule has 1 rings (SSSR count). The van der Waals surface area contributed by atoms with Gasteiger partial charge < -0.3 is 11.1 Å². The molecule has 0 fully saturated rings. The summed E-state index contributed by atoms with van der Waals surface area (Å²) in [6.07, 6.45) is 0.285. The summed E-state index contributed by atoms with van der Waals surface area (Å²) >= 11 is 0. The number of nitrogens with two attached hydrogens (primary N) is 1. The van der Waals surface area contributed by atoms with Gasteiger partial charge in [-0.3, -0.25) is 14.9 Å². The second-order valence-electron chi connectivity index (χ2n) is 3.32. The molecule has 0 bridgehead atoms.